The Bertz CT molecular complexity index is 1490. The first-order chi connectivity index (χ1) is 19.6. The molecular weight excluding hydrogens is 512 g/mol. The van der Waals surface area contributed by atoms with E-state index in [1.807, 2.05) is 24.3 Å². The van der Waals surface area contributed by atoms with Gasteiger partial charge in [0, 0.05) is 34.2 Å². The van der Waals surface area contributed by atoms with E-state index in [9.17, 15) is 19.7 Å². The van der Waals surface area contributed by atoms with Crippen molar-refractivity contribution in [3.8, 4) is 11.1 Å². The second-order valence-electron chi connectivity index (χ2n) is 12.2. The highest BCUT2D eigenvalue weighted by atomic mass is 16.6. The van der Waals surface area contributed by atoms with Crippen molar-refractivity contribution in [3.05, 3.63) is 98.6 Å². The van der Waals surface area contributed by atoms with Crippen LogP contribution in [0.4, 0.5) is 5.69 Å². The Labute approximate surface area is 242 Å². The van der Waals surface area contributed by atoms with E-state index in [0.717, 1.165) is 73.9 Å². The van der Waals surface area contributed by atoms with Crippen molar-refractivity contribution in [3.63, 3.8) is 0 Å². The second-order valence-corrected chi connectivity index (χ2v) is 12.2. The van der Waals surface area contributed by atoms with Gasteiger partial charge in [-0.1, -0.05) is 69.5 Å². The van der Waals surface area contributed by atoms with Crippen LogP contribution in [0, 0.1) is 10.1 Å². The Morgan fingerprint density at radius 2 is 1.39 bits per heavy atom. The highest BCUT2D eigenvalue weighted by Crippen LogP contribution is 2.54. The van der Waals surface area contributed by atoms with Crippen LogP contribution in [-0.4, -0.2) is 40.0 Å². The summed E-state index contributed by atoms with van der Waals surface area (Å²) in [7, 11) is 0. The van der Waals surface area contributed by atoms with Crippen LogP contribution in [-0.2, 0) is 5.41 Å². The number of carbonyl (C=O) groups excluding carboxylic acids is 2. The molecule has 6 nitrogen and oxygen atoms in total. The van der Waals surface area contributed by atoms with Crippen LogP contribution < -0.4 is 0 Å². The molecule has 41 heavy (non-hydrogen) atoms. The van der Waals surface area contributed by atoms with Gasteiger partial charge < -0.3 is 0 Å². The lowest BCUT2D eigenvalue weighted by Gasteiger charge is -2.40. The average Bonchev–Trinajstić information content (AvgIpc) is 3.25. The molecule has 3 aromatic rings. The smallest absolute Gasteiger partial charge is 0.270 e. The van der Waals surface area contributed by atoms with Crippen LogP contribution in [0.2, 0.25) is 0 Å². The topological polar surface area (TPSA) is 80.5 Å². The molecule has 0 N–H and O–H groups in total. The summed E-state index contributed by atoms with van der Waals surface area (Å²) in [4.78, 5) is 40.7. The summed E-state index contributed by atoms with van der Waals surface area (Å²) in [6.45, 7) is 10.4. The second kappa shape index (κ2) is 11.3. The van der Waals surface area contributed by atoms with Gasteiger partial charge >= 0.3 is 0 Å². The maximum atomic E-state index is 14.0. The summed E-state index contributed by atoms with van der Waals surface area (Å²) >= 11 is 0. The maximum absolute atomic E-state index is 14.0. The van der Waals surface area contributed by atoms with E-state index in [1.165, 1.54) is 24.1 Å². The summed E-state index contributed by atoms with van der Waals surface area (Å²) < 4.78 is 0. The van der Waals surface area contributed by atoms with Gasteiger partial charge in [-0.3, -0.25) is 24.6 Å². The van der Waals surface area contributed by atoms with Crippen molar-refractivity contribution in [2.45, 2.75) is 83.6 Å². The standard InChI is InChI=1S/C35H40N2O4/c1-5-17-35(18-6-2)30-22-25(32(38)24-11-10-12-27(21-24)37(40)41)13-15-28(30)29-16-14-26(23-31(29)35)33(39)34(3,4)36-19-8-7-9-20-36/h10-16,21-23H,5-9,17-20H2,1-4H3. The fourth-order valence-corrected chi connectivity index (χ4v) is 7.17. The zero-order valence-electron chi connectivity index (χ0n) is 24.7. The summed E-state index contributed by atoms with van der Waals surface area (Å²) in [5.41, 5.74) is 5.13. The highest BCUT2D eigenvalue weighted by Gasteiger charge is 2.43. The van der Waals surface area contributed by atoms with E-state index < -0.39 is 10.5 Å². The fraction of sp³-hybridized carbons (Fsp3) is 0.429. The first-order valence-electron chi connectivity index (χ1n) is 15.0. The van der Waals surface area contributed by atoms with E-state index >= 15 is 0 Å². The molecule has 0 unspecified atom stereocenters. The van der Waals surface area contributed by atoms with E-state index in [4.69, 9.17) is 0 Å². The molecule has 6 heteroatoms. The van der Waals surface area contributed by atoms with E-state index in [1.54, 1.807) is 12.1 Å². The van der Waals surface area contributed by atoms with Crippen molar-refractivity contribution < 1.29 is 14.5 Å². The fourth-order valence-electron chi connectivity index (χ4n) is 7.17. The van der Waals surface area contributed by atoms with Crippen LogP contribution in [0.25, 0.3) is 11.1 Å². The quantitative estimate of drug-likeness (QED) is 0.144. The predicted molar refractivity (Wildman–Crippen MR) is 163 cm³/mol. The molecule has 3 aromatic carbocycles. The van der Waals surface area contributed by atoms with Crippen molar-refractivity contribution in [2.75, 3.05) is 13.1 Å². The molecule has 0 atom stereocenters. The lowest BCUT2D eigenvalue weighted by Crippen LogP contribution is -2.52. The van der Waals surface area contributed by atoms with Crippen molar-refractivity contribution in [1.29, 1.82) is 0 Å². The number of Topliss-reactive ketones (excluding diaryl/α,β-unsaturated/α-hetero) is 1. The summed E-state index contributed by atoms with van der Waals surface area (Å²) in [5, 5.41) is 11.3. The first kappa shape index (κ1) is 28.9. The number of non-ortho nitro benzene ring substituents is 1. The number of hydrogen-bond acceptors (Lipinski definition) is 5. The minimum absolute atomic E-state index is 0.0969. The third-order valence-electron chi connectivity index (χ3n) is 9.26. The number of hydrogen-bond donors (Lipinski definition) is 0. The molecule has 0 spiro atoms. The van der Waals surface area contributed by atoms with Gasteiger partial charge in [0.05, 0.1) is 10.5 Å². The zero-order chi connectivity index (χ0) is 29.4. The molecule has 1 aliphatic heterocycles. The van der Waals surface area contributed by atoms with Gasteiger partial charge in [0.25, 0.3) is 5.69 Å². The number of nitrogens with zero attached hydrogens (tertiary/aromatic N) is 2. The molecule has 0 amide bonds. The summed E-state index contributed by atoms with van der Waals surface area (Å²) in [6.07, 6.45) is 7.21. The number of piperidine rings is 1. The number of rotatable bonds is 10. The predicted octanol–water partition coefficient (Wildman–Crippen LogP) is 8.14. The van der Waals surface area contributed by atoms with Crippen LogP contribution in [0.1, 0.15) is 110 Å². The van der Waals surface area contributed by atoms with Gasteiger partial charge in [-0.25, -0.2) is 0 Å². The normalized spacial score (nSPS) is 16.2. The molecule has 0 bridgehead atoms. The Morgan fingerprint density at radius 1 is 0.829 bits per heavy atom. The molecule has 1 heterocycles. The number of nitro groups is 1. The van der Waals surface area contributed by atoms with Crippen LogP contribution in [0.3, 0.4) is 0 Å². The molecule has 214 valence electrons. The average molecular weight is 553 g/mol. The molecule has 0 radical (unpaired) electrons. The number of fused-ring (bicyclic) bond motifs is 3. The highest BCUT2D eigenvalue weighted by molar-refractivity contribution is 6.10. The number of ketones is 2. The van der Waals surface area contributed by atoms with Gasteiger partial charge in [-0.2, -0.15) is 0 Å². The third kappa shape index (κ3) is 5.03. The van der Waals surface area contributed by atoms with Crippen LogP contribution >= 0.6 is 0 Å². The van der Waals surface area contributed by atoms with Gasteiger partial charge in [0.15, 0.2) is 11.6 Å². The van der Waals surface area contributed by atoms with Gasteiger partial charge in [0.2, 0.25) is 0 Å². The number of benzene rings is 3. The lowest BCUT2D eigenvalue weighted by molar-refractivity contribution is -0.384. The molecular formula is C35H40N2O4. The number of carbonyl (C=O) groups is 2. The Kier molecular flexibility index (Phi) is 7.97. The molecule has 5 rings (SSSR count). The molecule has 2 aliphatic rings. The Hall–Kier alpha value is -3.64. The van der Waals surface area contributed by atoms with E-state index in [2.05, 4.69) is 44.7 Å². The van der Waals surface area contributed by atoms with Gasteiger partial charge in [-0.05, 0) is 87.0 Å². The molecule has 1 saturated heterocycles. The van der Waals surface area contributed by atoms with Gasteiger partial charge in [-0.15, -0.1) is 0 Å². The SMILES string of the molecule is CCCC1(CCC)c2cc(C(=O)c3cccc([N+](=O)[O-])c3)ccc2-c2ccc(C(=O)C(C)(C)N3CCCCC3)cc21. The third-order valence-corrected chi connectivity index (χ3v) is 9.26. The van der Waals surface area contributed by atoms with Crippen LogP contribution in [0.15, 0.2) is 60.7 Å². The van der Waals surface area contributed by atoms with Crippen molar-refractivity contribution >= 4 is 17.3 Å². The summed E-state index contributed by atoms with van der Waals surface area (Å²) in [5.74, 6) is -0.0740. The molecule has 1 aliphatic carbocycles. The largest absolute Gasteiger partial charge is 0.292 e. The number of nitro benzene ring substituents is 1. The monoisotopic (exact) mass is 552 g/mol. The Morgan fingerprint density at radius 3 is 1.98 bits per heavy atom. The maximum Gasteiger partial charge on any atom is 0.270 e. The zero-order valence-corrected chi connectivity index (χ0v) is 24.7. The minimum atomic E-state index is -0.573. The molecule has 0 aromatic heterocycles. The molecule has 1 fully saturated rings. The van der Waals surface area contributed by atoms with Crippen molar-refractivity contribution in [1.82, 2.24) is 4.90 Å². The first-order valence-corrected chi connectivity index (χ1v) is 15.0. The van der Waals surface area contributed by atoms with E-state index in [-0.39, 0.29) is 22.7 Å². The van der Waals surface area contributed by atoms with E-state index in [0.29, 0.717) is 11.1 Å². The van der Waals surface area contributed by atoms with Crippen LogP contribution in [0.5, 0.6) is 0 Å². The molecule has 0 saturated carbocycles. The van der Waals surface area contributed by atoms with Gasteiger partial charge in [0.1, 0.15) is 0 Å². The summed E-state index contributed by atoms with van der Waals surface area (Å²) in [6, 6.07) is 18.0. The minimum Gasteiger partial charge on any atom is -0.292 e. The lowest BCUT2D eigenvalue weighted by atomic mass is 9.70. The van der Waals surface area contributed by atoms with Crippen molar-refractivity contribution in [2.24, 2.45) is 0 Å². The Balaban J connectivity index is 1.58. The number of likely N-dealkylation sites (tertiary alicyclic amines) is 1.